The summed E-state index contributed by atoms with van der Waals surface area (Å²) in [6.45, 7) is 4.54. The minimum Gasteiger partial charge on any atom is -0.394 e. The molecule has 43 heavy (non-hydrogen) atoms. The van der Waals surface area contributed by atoms with E-state index in [1.54, 1.807) is 13.1 Å². The molecule has 13 nitrogen and oxygen atoms in total. The number of fused-ring (bicyclic) bond motifs is 1. The van der Waals surface area contributed by atoms with E-state index < -0.39 is 6.29 Å². The van der Waals surface area contributed by atoms with Gasteiger partial charge in [-0.05, 0) is 30.8 Å². The second-order valence-electron chi connectivity index (χ2n) is 9.12. The number of rotatable bonds is 10. The Labute approximate surface area is 257 Å². The third kappa shape index (κ3) is 9.41. The summed E-state index contributed by atoms with van der Waals surface area (Å²) in [5, 5.41) is 22.9. The number of aliphatic imine (C=N–C) groups is 2. The Bertz CT molecular complexity index is 1340. The number of aliphatic hydroxyl groups excluding tert-OH is 1. The highest BCUT2D eigenvalue weighted by Gasteiger charge is 2.28. The van der Waals surface area contributed by atoms with Gasteiger partial charge < -0.3 is 41.2 Å². The molecule has 4 rings (SSSR count). The van der Waals surface area contributed by atoms with Crippen LogP contribution in [0.15, 0.2) is 51.4 Å². The zero-order chi connectivity index (χ0) is 31.9. The molecule has 6 N–H and O–H groups in total. The summed E-state index contributed by atoms with van der Waals surface area (Å²) < 4.78 is 0. The molecule has 0 saturated heterocycles. The number of amides is 1. The molecule has 2 aliphatic heterocycles. The van der Waals surface area contributed by atoms with E-state index in [-0.39, 0.29) is 30.9 Å². The van der Waals surface area contributed by atoms with Gasteiger partial charge in [-0.3, -0.25) is 4.79 Å². The highest BCUT2D eigenvalue weighted by Crippen LogP contribution is 2.28. The van der Waals surface area contributed by atoms with Gasteiger partial charge in [0.2, 0.25) is 6.29 Å². The number of likely N-dealkylation sites (N-methyl/N-ethyl adjacent to an activating group) is 1. The number of aromatic nitrogens is 1. The van der Waals surface area contributed by atoms with E-state index in [1.165, 1.54) is 11.1 Å². The normalized spacial score (nSPS) is 16.2. The first-order chi connectivity index (χ1) is 20.8. The molecule has 2 aliphatic rings. The van der Waals surface area contributed by atoms with Crippen molar-refractivity contribution in [1.29, 1.82) is 5.41 Å². The molecule has 2 unspecified atom stereocenters. The maximum atomic E-state index is 12.4. The summed E-state index contributed by atoms with van der Waals surface area (Å²) in [5.74, 6) is 1.01. The average molecular weight is 613 g/mol. The summed E-state index contributed by atoms with van der Waals surface area (Å²) in [4.78, 5) is 39.4. The fraction of sp³-hybridized carbons (Fsp3) is 0.379. The van der Waals surface area contributed by atoms with Crippen molar-refractivity contribution in [1.82, 2.24) is 31.4 Å². The number of hydrogen-bond acceptors (Lipinski definition) is 11. The number of hydrazine groups is 1. The van der Waals surface area contributed by atoms with Crippen molar-refractivity contribution in [3.05, 3.63) is 63.8 Å². The van der Waals surface area contributed by atoms with Crippen LogP contribution in [0.2, 0.25) is 0 Å². The predicted octanol–water partition coefficient (Wildman–Crippen LogP) is 1.90. The fourth-order valence-electron chi connectivity index (χ4n) is 4.06. The molecular formula is C29H41ClN10O3. The molecule has 232 valence electrons. The minimum atomic E-state index is -0.671. The van der Waals surface area contributed by atoms with E-state index in [0.29, 0.717) is 34.7 Å². The third-order valence-corrected chi connectivity index (χ3v) is 6.45. The zero-order valence-corrected chi connectivity index (χ0v) is 26.1. The topological polar surface area (TPSA) is 170 Å². The Balaban J connectivity index is 0.000000340. The number of halogens is 1. The molecule has 0 radical (unpaired) electrons. The molecule has 2 aromatic rings. The number of hydrogen-bond donors (Lipinski definition) is 6. The van der Waals surface area contributed by atoms with E-state index in [2.05, 4.69) is 36.5 Å². The molecule has 0 saturated carbocycles. The van der Waals surface area contributed by atoms with Crippen molar-refractivity contribution < 1.29 is 14.7 Å². The van der Waals surface area contributed by atoms with Crippen LogP contribution in [0.25, 0.3) is 5.70 Å². The monoisotopic (exact) mass is 612 g/mol. The van der Waals surface area contributed by atoms with Gasteiger partial charge in [0.15, 0.2) is 5.84 Å². The van der Waals surface area contributed by atoms with Gasteiger partial charge in [0, 0.05) is 45.0 Å². The van der Waals surface area contributed by atoms with Crippen LogP contribution < -0.4 is 26.4 Å². The highest BCUT2D eigenvalue weighted by molar-refractivity contribution is 6.42. The molecule has 3 heterocycles. The Hall–Kier alpha value is -4.17. The molecule has 0 spiro atoms. The predicted molar refractivity (Wildman–Crippen MR) is 173 cm³/mol. The quantitative estimate of drug-likeness (QED) is 0.101. The summed E-state index contributed by atoms with van der Waals surface area (Å²) in [6.07, 6.45) is 2.58. The van der Waals surface area contributed by atoms with Gasteiger partial charge in [-0.2, -0.15) is 0 Å². The van der Waals surface area contributed by atoms with Gasteiger partial charge in [0.1, 0.15) is 12.1 Å². The Morgan fingerprint density at radius 1 is 1.30 bits per heavy atom. The molecular weight excluding hydrogens is 572 g/mol. The second-order valence-corrected chi connectivity index (χ2v) is 9.52. The van der Waals surface area contributed by atoms with Crippen LogP contribution in [0.1, 0.15) is 47.1 Å². The Morgan fingerprint density at radius 3 is 2.65 bits per heavy atom. The van der Waals surface area contributed by atoms with Gasteiger partial charge in [0.25, 0.3) is 5.91 Å². The lowest BCUT2D eigenvalue weighted by Gasteiger charge is -2.21. The summed E-state index contributed by atoms with van der Waals surface area (Å²) in [7, 11) is 7.36. The highest BCUT2D eigenvalue weighted by atomic mass is 35.5. The van der Waals surface area contributed by atoms with Crippen LogP contribution in [0.3, 0.4) is 0 Å². The number of pyridine rings is 1. The van der Waals surface area contributed by atoms with Crippen LogP contribution in [-0.2, 0) is 11.3 Å². The lowest BCUT2D eigenvalue weighted by Crippen LogP contribution is -2.38. The zero-order valence-electron chi connectivity index (χ0n) is 25.3. The molecule has 1 aromatic carbocycles. The van der Waals surface area contributed by atoms with E-state index >= 15 is 0 Å². The number of allylic oxidation sites excluding steroid dienone is 1. The number of anilines is 1. The molecule has 0 fully saturated rings. The summed E-state index contributed by atoms with van der Waals surface area (Å²) in [6, 6.07) is 11.1. The maximum absolute atomic E-state index is 12.4. The summed E-state index contributed by atoms with van der Waals surface area (Å²) in [5.41, 5.74) is 8.98. The van der Waals surface area contributed by atoms with Gasteiger partial charge >= 0.3 is 0 Å². The van der Waals surface area contributed by atoms with Gasteiger partial charge in [0.05, 0.1) is 41.8 Å². The van der Waals surface area contributed by atoms with Crippen LogP contribution in [0.5, 0.6) is 0 Å². The Kier molecular flexibility index (Phi) is 14.4. The number of carbonyl (C=O) groups is 2. The fourth-order valence-corrected chi connectivity index (χ4v) is 4.28. The number of aldehydes is 1. The molecule has 1 amide bonds. The Morgan fingerprint density at radius 2 is 2.05 bits per heavy atom. The lowest BCUT2D eigenvalue weighted by atomic mass is 10.0. The standard InChI is InChI=1S/C17H18ClN7O2.C10H17N3O.C2H6/c1-20-24-14(7-19)22-17-21-8-13(18)15(23-17)10-2-3-11-9-25(4-5-26)16(27)12(11)6-10;1-11-9(7-14)8-5-4-6-10(12-8)13(2)3;1-2/h2-3,5-8,17,19-20,23H,4,9H2,1H3,(H,22,24);4-6,9,11,14H,7H2,1-3H3;1-2H3. The van der Waals surface area contributed by atoms with Crippen molar-refractivity contribution in [3.8, 4) is 0 Å². The number of benzene rings is 1. The summed E-state index contributed by atoms with van der Waals surface area (Å²) >= 11 is 6.28. The number of nitrogens with zero attached hydrogens (tertiary/aromatic N) is 5. The second kappa shape index (κ2) is 17.7. The van der Waals surface area contributed by atoms with E-state index in [1.807, 2.05) is 70.2 Å². The van der Waals surface area contributed by atoms with Crippen molar-refractivity contribution in [3.63, 3.8) is 0 Å². The minimum absolute atomic E-state index is 0.0559. The number of amidine groups is 1. The van der Waals surface area contributed by atoms with Gasteiger partial charge in [-0.25, -0.2) is 20.4 Å². The molecule has 0 aliphatic carbocycles. The largest absolute Gasteiger partial charge is 0.394 e. The third-order valence-electron chi connectivity index (χ3n) is 6.17. The molecule has 1 aromatic heterocycles. The van der Waals surface area contributed by atoms with Crippen molar-refractivity contribution in [2.24, 2.45) is 9.98 Å². The van der Waals surface area contributed by atoms with Crippen LogP contribution in [-0.4, -0.2) is 93.1 Å². The van der Waals surface area contributed by atoms with Crippen molar-refractivity contribution in [2.45, 2.75) is 32.7 Å². The van der Waals surface area contributed by atoms with E-state index in [4.69, 9.17) is 22.1 Å². The van der Waals surface area contributed by atoms with Gasteiger partial charge in [-0.1, -0.05) is 43.6 Å². The SMILES string of the molecule is CC.CNC(CO)c1cccc(N(C)C)n1.CNN/C(C=N)=N\C1N=CC(Cl)=C(c2ccc3c(c2)C(=O)N(CC=O)C3)N1. The number of aliphatic hydroxyl groups is 1. The molecule has 2 atom stereocenters. The van der Waals surface area contributed by atoms with Crippen LogP contribution >= 0.6 is 11.6 Å². The van der Waals surface area contributed by atoms with E-state index in [9.17, 15) is 9.59 Å². The molecule has 14 heteroatoms. The average Bonchev–Trinajstić information content (AvgIpc) is 3.34. The van der Waals surface area contributed by atoms with E-state index in [0.717, 1.165) is 23.3 Å². The first kappa shape index (κ1) is 35.0. The maximum Gasteiger partial charge on any atom is 0.254 e. The smallest absolute Gasteiger partial charge is 0.254 e. The first-order valence-corrected chi connectivity index (χ1v) is 14.1. The van der Waals surface area contributed by atoms with Crippen molar-refractivity contribution in [2.75, 3.05) is 46.2 Å². The number of nitrogens with one attached hydrogen (secondary N) is 5. The lowest BCUT2D eigenvalue weighted by molar-refractivity contribution is -0.108. The van der Waals surface area contributed by atoms with Crippen molar-refractivity contribution >= 4 is 53.6 Å². The van der Waals surface area contributed by atoms with Gasteiger partial charge in [-0.15, -0.1) is 0 Å². The molecule has 0 bridgehead atoms. The van der Waals surface area contributed by atoms with Crippen LogP contribution in [0.4, 0.5) is 5.82 Å². The van der Waals surface area contributed by atoms with Crippen LogP contribution in [0, 0.1) is 5.41 Å². The first-order valence-electron chi connectivity index (χ1n) is 13.7. The number of carbonyl (C=O) groups excluding carboxylic acids is 2.